The molecule has 0 saturated carbocycles. The summed E-state index contributed by atoms with van der Waals surface area (Å²) in [6.07, 6.45) is 0.108. The van der Waals surface area contributed by atoms with Crippen molar-refractivity contribution in [1.82, 2.24) is 0 Å². The van der Waals surface area contributed by atoms with Crippen LogP contribution in [0.4, 0.5) is 0 Å². The third kappa shape index (κ3) is 4.43. The Morgan fingerprint density at radius 2 is 2.38 bits per heavy atom. The first-order valence-corrected chi connectivity index (χ1v) is 3.19. The predicted molar refractivity (Wildman–Crippen MR) is 35.0 cm³/mol. The maximum Gasteiger partial charge on any atom is 0.0701 e. The van der Waals surface area contributed by atoms with Gasteiger partial charge in [-0.3, -0.25) is 0 Å². The van der Waals surface area contributed by atoms with E-state index >= 15 is 0 Å². The highest BCUT2D eigenvalue weighted by Gasteiger charge is 1.95. The number of aliphatic hydroxyl groups excluding tert-OH is 1. The first kappa shape index (κ1) is 8.27. The van der Waals surface area contributed by atoms with Crippen LogP contribution in [0.2, 0.25) is 0 Å². The zero-order valence-electron chi connectivity index (χ0n) is 4.96. The molecule has 1 N–H and O–H groups in total. The first-order chi connectivity index (χ1) is 3.81. The van der Waals surface area contributed by atoms with Crippen molar-refractivity contribution in [3.8, 4) is 0 Å². The fourth-order valence-corrected chi connectivity index (χ4v) is 0.398. The van der Waals surface area contributed by atoms with Gasteiger partial charge in [-0.2, -0.15) is 0 Å². The lowest BCUT2D eigenvalue weighted by Crippen LogP contribution is -2.12. The molecule has 1 radical (unpaired) electrons. The molecule has 0 fully saturated rings. The van der Waals surface area contributed by atoms with Crippen LogP contribution in [0.5, 0.6) is 0 Å². The maximum absolute atomic E-state index is 8.25. The molecule has 0 rings (SSSR count). The second-order valence-electron chi connectivity index (χ2n) is 1.57. The minimum absolute atomic E-state index is 0.0830. The Balaban J connectivity index is 2.86. The van der Waals surface area contributed by atoms with Gasteiger partial charge in [0.2, 0.25) is 0 Å². The Morgan fingerprint density at radius 3 is 2.75 bits per heavy atom. The molecular weight excluding hydrogens is 124 g/mol. The van der Waals surface area contributed by atoms with Crippen LogP contribution in [0.15, 0.2) is 0 Å². The number of hydrogen-bond acceptors (Lipinski definition) is 2. The van der Waals surface area contributed by atoms with Crippen LogP contribution in [0.25, 0.3) is 0 Å². The minimum atomic E-state index is 0.0830. The van der Waals surface area contributed by atoms with Gasteiger partial charge in [0, 0.05) is 5.75 Å². The van der Waals surface area contributed by atoms with Gasteiger partial charge in [-0.25, -0.2) is 0 Å². The number of rotatable bonds is 4. The summed E-state index contributed by atoms with van der Waals surface area (Å²) in [6.45, 7) is 2.38. The molecule has 3 heteroatoms. The Bertz CT molecular complexity index is 49.7. The van der Waals surface area contributed by atoms with Gasteiger partial charge in [0.15, 0.2) is 0 Å². The molecule has 0 aromatic rings. The molecule has 1 atom stereocenters. The summed E-state index contributed by atoms with van der Waals surface area (Å²) in [4.78, 5) is 0. The molecule has 8 heavy (non-hydrogen) atoms. The molecule has 0 spiro atoms. The second-order valence-corrected chi connectivity index (χ2v) is 1.91. The summed E-state index contributed by atoms with van der Waals surface area (Å²) >= 11 is 4.68. The van der Waals surface area contributed by atoms with E-state index in [0.717, 1.165) is 0 Å². The molecule has 1 unspecified atom stereocenters. The molecule has 2 nitrogen and oxygen atoms in total. The normalized spacial score (nSPS) is 13.9. The molecule has 0 amide bonds. The summed E-state index contributed by atoms with van der Waals surface area (Å²) in [7, 11) is 0. The fraction of sp³-hybridized carbons (Fsp3) is 1.00. The van der Waals surface area contributed by atoms with E-state index in [4.69, 9.17) is 9.84 Å². The van der Waals surface area contributed by atoms with Crippen LogP contribution >= 0.6 is 12.6 Å². The summed E-state index contributed by atoms with van der Waals surface area (Å²) < 4.78 is 4.99. The predicted octanol–water partition coefficient (Wildman–Crippen LogP) is 0.581. The van der Waals surface area contributed by atoms with Gasteiger partial charge in [0.25, 0.3) is 0 Å². The van der Waals surface area contributed by atoms with Gasteiger partial charge in [0.05, 0.1) is 19.3 Å². The average Bonchev–Trinajstić information content (AvgIpc) is 1.83. The minimum Gasteiger partial charge on any atom is -0.394 e. The monoisotopic (exact) mass is 135 g/mol. The lowest BCUT2D eigenvalue weighted by atomic mass is 10.5. The van der Waals surface area contributed by atoms with E-state index in [1.54, 1.807) is 0 Å². The van der Waals surface area contributed by atoms with Crippen LogP contribution in [-0.2, 0) is 4.74 Å². The van der Waals surface area contributed by atoms with Gasteiger partial charge < -0.3 is 9.84 Å². The van der Waals surface area contributed by atoms with Gasteiger partial charge in [-0.05, 0) is 6.92 Å². The van der Waals surface area contributed by atoms with E-state index in [0.29, 0.717) is 12.4 Å². The van der Waals surface area contributed by atoms with Crippen LogP contribution in [-0.4, -0.2) is 30.2 Å². The smallest absolute Gasteiger partial charge is 0.0701 e. The first-order valence-electron chi connectivity index (χ1n) is 2.61. The Morgan fingerprint density at radius 1 is 1.75 bits per heavy atom. The fourth-order valence-electron chi connectivity index (χ4n) is 0.302. The zero-order chi connectivity index (χ0) is 6.41. The molecule has 0 aromatic heterocycles. The SMILES string of the molecule is CC(C[S])OCCO. The maximum atomic E-state index is 8.25. The standard InChI is InChI=1S/C5H11O2S/c1-5(4-8)7-3-2-6/h5-6H,2-4H2,1H3. The summed E-state index contributed by atoms with van der Waals surface area (Å²) in [5.74, 6) is 0.597. The topological polar surface area (TPSA) is 29.5 Å². The van der Waals surface area contributed by atoms with E-state index in [2.05, 4.69) is 12.6 Å². The van der Waals surface area contributed by atoms with Crippen LogP contribution in [0, 0.1) is 0 Å². The Hall–Kier alpha value is 0.270. The Labute approximate surface area is 55.3 Å². The third-order valence-electron chi connectivity index (χ3n) is 0.728. The highest BCUT2D eigenvalue weighted by molar-refractivity contribution is 7.80. The van der Waals surface area contributed by atoms with E-state index < -0.39 is 0 Å². The van der Waals surface area contributed by atoms with Crippen molar-refractivity contribution in [1.29, 1.82) is 0 Å². The van der Waals surface area contributed by atoms with E-state index in [-0.39, 0.29) is 12.7 Å². The third-order valence-corrected chi connectivity index (χ3v) is 1.20. The quantitative estimate of drug-likeness (QED) is 0.611. The number of hydrogen-bond donors (Lipinski definition) is 1. The Kier molecular flexibility index (Phi) is 5.59. The van der Waals surface area contributed by atoms with Crippen molar-refractivity contribution < 1.29 is 9.84 Å². The van der Waals surface area contributed by atoms with Crippen molar-refractivity contribution in [3.05, 3.63) is 0 Å². The van der Waals surface area contributed by atoms with E-state index in [1.165, 1.54) is 0 Å². The van der Waals surface area contributed by atoms with Crippen molar-refractivity contribution >= 4 is 12.6 Å². The van der Waals surface area contributed by atoms with Gasteiger partial charge in [0.1, 0.15) is 0 Å². The summed E-state index contributed by atoms with van der Waals surface area (Å²) in [6, 6.07) is 0. The molecule has 0 aliphatic rings. The number of ether oxygens (including phenoxy) is 1. The zero-order valence-corrected chi connectivity index (χ0v) is 5.78. The van der Waals surface area contributed by atoms with Crippen molar-refractivity contribution in [2.75, 3.05) is 19.0 Å². The van der Waals surface area contributed by atoms with Gasteiger partial charge >= 0.3 is 0 Å². The van der Waals surface area contributed by atoms with Gasteiger partial charge in [-0.1, -0.05) is 12.6 Å². The lowest BCUT2D eigenvalue weighted by molar-refractivity contribution is 0.0521. The molecular formula is C5H11O2S. The molecule has 0 heterocycles. The molecule has 0 bridgehead atoms. The van der Waals surface area contributed by atoms with E-state index in [9.17, 15) is 0 Å². The van der Waals surface area contributed by atoms with E-state index in [1.807, 2.05) is 6.92 Å². The second kappa shape index (κ2) is 5.41. The average molecular weight is 135 g/mol. The molecule has 0 saturated heterocycles. The molecule has 0 aliphatic heterocycles. The van der Waals surface area contributed by atoms with Crippen LogP contribution in [0.3, 0.4) is 0 Å². The highest BCUT2D eigenvalue weighted by Crippen LogP contribution is 1.90. The largest absolute Gasteiger partial charge is 0.394 e. The highest BCUT2D eigenvalue weighted by atomic mass is 32.1. The van der Waals surface area contributed by atoms with Crippen molar-refractivity contribution in [3.63, 3.8) is 0 Å². The number of aliphatic hydroxyl groups is 1. The van der Waals surface area contributed by atoms with Crippen LogP contribution in [0.1, 0.15) is 6.92 Å². The molecule has 0 aromatic carbocycles. The lowest BCUT2D eigenvalue weighted by Gasteiger charge is -2.06. The molecule has 49 valence electrons. The van der Waals surface area contributed by atoms with Gasteiger partial charge in [-0.15, -0.1) is 0 Å². The van der Waals surface area contributed by atoms with Crippen LogP contribution < -0.4 is 0 Å². The van der Waals surface area contributed by atoms with Crippen molar-refractivity contribution in [2.24, 2.45) is 0 Å². The summed E-state index contributed by atoms with van der Waals surface area (Å²) in [5.41, 5.74) is 0. The van der Waals surface area contributed by atoms with Crippen molar-refractivity contribution in [2.45, 2.75) is 13.0 Å². The molecule has 0 aliphatic carbocycles. The summed E-state index contributed by atoms with van der Waals surface area (Å²) in [5, 5.41) is 8.25.